The molecule has 86 valence electrons. The molecule has 0 atom stereocenters. The zero-order chi connectivity index (χ0) is 12.1. The van der Waals surface area contributed by atoms with Crippen LogP contribution in [-0.2, 0) is 4.79 Å². The molecule has 1 aliphatic carbocycles. The largest absolute Gasteiger partial charge is 0.476 e. The van der Waals surface area contributed by atoms with E-state index in [0.29, 0.717) is 5.56 Å². The summed E-state index contributed by atoms with van der Waals surface area (Å²) >= 11 is 0. The van der Waals surface area contributed by atoms with Crippen LogP contribution in [0.5, 0.6) is 0 Å². The number of nitrogens with two attached hydrogens (primary N) is 1. The van der Waals surface area contributed by atoms with Crippen LogP contribution >= 0.6 is 0 Å². The van der Waals surface area contributed by atoms with Crippen molar-refractivity contribution in [1.29, 1.82) is 0 Å². The Morgan fingerprint density at radius 1 is 1.50 bits per heavy atom. The van der Waals surface area contributed by atoms with E-state index < -0.39 is 5.97 Å². The molecule has 1 saturated carbocycles. The summed E-state index contributed by atoms with van der Waals surface area (Å²) in [5.41, 5.74) is 5.50. The average Bonchev–Trinajstić information content (AvgIpc) is 3.01. The summed E-state index contributed by atoms with van der Waals surface area (Å²) in [6.45, 7) is 1.68. The molecule has 0 radical (unpaired) electrons. The van der Waals surface area contributed by atoms with E-state index in [0.717, 1.165) is 12.8 Å². The number of carbonyl (C=O) groups is 2. The van der Waals surface area contributed by atoms with E-state index in [2.05, 4.69) is 10.2 Å². The van der Waals surface area contributed by atoms with Gasteiger partial charge in [-0.15, -0.1) is 5.10 Å². The van der Waals surface area contributed by atoms with Gasteiger partial charge in [0.15, 0.2) is 5.69 Å². The molecule has 6 heteroatoms. The third-order valence-corrected chi connectivity index (χ3v) is 2.10. The van der Waals surface area contributed by atoms with Crippen LogP contribution in [0.25, 0.3) is 0 Å². The number of hydrogen-bond donors (Lipinski definition) is 2. The number of primary amides is 1. The van der Waals surface area contributed by atoms with Gasteiger partial charge in [0.05, 0.1) is 0 Å². The average molecular weight is 223 g/mol. The zero-order valence-electron chi connectivity index (χ0n) is 8.88. The predicted octanol–water partition coefficient (Wildman–Crippen LogP) is 0.365. The monoisotopic (exact) mass is 223 g/mol. The summed E-state index contributed by atoms with van der Waals surface area (Å²) in [7, 11) is 0. The smallest absolute Gasteiger partial charge is 0.356 e. The maximum atomic E-state index is 10.3. The highest BCUT2D eigenvalue weighted by Gasteiger charge is 2.26. The topological polar surface area (TPSA) is 106 Å². The van der Waals surface area contributed by atoms with E-state index in [9.17, 15) is 9.59 Å². The molecule has 0 aromatic carbocycles. The highest BCUT2D eigenvalue weighted by Crippen LogP contribution is 2.27. The molecule has 6 nitrogen and oxygen atoms in total. The molecule has 1 heterocycles. The van der Waals surface area contributed by atoms with Crippen LogP contribution < -0.4 is 5.73 Å². The van der Waals surface area contributed by atoms with Gasteiger partial charge < -0.3 is 10.8 Å². The highest BCUT2D eigenvalue weighted by atomic mass is 16.4. The normalized spacial score (nSPS) is 13.6. The summed E-state index contributed by atoms with van der Waals surface area (Å²) in [6.07, 6.45) is 3.51. The molecular formula is C10H13N3O3. The fraction of sp³-hybridized carbons (Fsp3) is 0.400. The molecule has 0 saturated heterocycles. The Balaban J connectivity index is 0.000000181. The zero-order valence-corrected chi connectivity index (χ0v) is 8.88. The molecule has 0 unspecified atom stereocenters. The van der Waals surface area contributed by atoms with E-state index in [1.165, 1.54) is 6.20 Å². The highest BCUT2D eigenvalue weighted by molar-refractivity contribution is 5.86. The molecule has 1 aliphatic rings. The van der Waals surface area contributed by atoms with Crippen molar-refractivity contribution < 1.29 is 14.7 Å². The Morgan fingerprint density at radius 3 is 2.38 bits per heavy atom. The number of aryl methyl sites for hydroxylation is 1. The molecule has 3 N–H and O–H groups in total. The number of aromatic carboxylic acids is 1. The van der Waals surface area contributed by atoms with Crippen molar-refractivity contribution in [3.63, 3.8) is 0 Å². The maximum absolute atomic E-state index is 10.3. The number of carboxylic acids is 1. The van der Waals surface area contributed by atoms with Crippen LogP contribution in [0.4, 0.5) is 0 Å². The summed E-state index contributed by atoms with van der Waals surface area (Å²) in [5.74, 6) is -0.925. The van der Waals surface area contributed by atoms with Crippen LogP contribution in [0.2, 0.25) is 0 Å². The molecular weight excluding hydrogens is 210 g/mol. The van der Waals surface area contributed by atoms with Gasteiger partial charge in [0.25, 0.3) is 0 Å². The first-order valence-corrected chi connectivity index (χ1v) is 4.83. The predicted molar refractivity (Wildman–Crippen MR) is 55.6 cm³/mol. The quantitative estimate of drug-likeness (QED) is 0.753. The van der Waals surface area contributed by atoms with E-state index >= 15 is 0 Å². The van der Waals surface area contributed by atoms with Crippen LogP contribution in [0.1, 0.15) is 28.9 Å². The Hall–Kier alpha value is -1.98. The summed E-state index contributed by atoms with van der Waals surface area (Å²) in [5, 5.41) is 15.3. The number of carbonyl (C=O) groups excluding carboxylic acids is 1. The van der Waals surface area contributed by atoms with Crippen molar-refractivity contribution in [2.75, 3.05) is 0 Å². The van der Waals surface area contributed by atoms with Crippen molar-refractivity contribution in [2.45, 2.75) is 19.8 Å². The Bertz CT molecular complexity index is 402. The van der Waals surface area contributed by atoms with Gasteiger partial charge in [0.1, 0.15) is 0 Å². The molecule has 1 aromatic rings. The number of hydrogen-bond acceptors (Lipinski definition) is 4. The summed E-state index contributed by atoms with van der Waals surface area (Å²) in [4.78, 5) is 20.3. The molecule has 1 fully saturated rings. The number of nitrogens with zero attached hydrogens (tertiary/aromatic N) is 2. The van der Waals surface area contributed by atoms with E-state index in [1.807, 2.05) is 0 Å². The fourth-order valence-corrected chi connectivity index (χ4v) is 0.973. The second-order valence-electron chi connectivity index (χ2n) is 3.54. The summed E-state index contributed by atoms with van der Waals surface area (Å²) < 4.78 is 0. The van der Waals surface area contributed by atoms with Gasteiger partial charge in [-0.05, 0) is 31.4 Å². The number of rotatable bonds is 2. The number of aromatic nitrogens is 2. The molecule has 16 heavy (non-hydrogen) atoms. The Labute approximate surface area is 92.5 Å². The first-order valence-electron chi connectivity index (χ1n) is 4.83. The minimum atomic E-state index is -1.04. The third-order valence-electron chi connectivity index (χ3n) is 2.10. The molecule has 0 aliphatic heterocycles. The summed E-state index contributed by atoms with van der Waals surface area (Å²) in [6, 6.07) is 1.61. The molecule has 1 amide bonds. The lowest BCUT2D eigenvalue weighted by molar-refractivity contribution is -0.119. The minimum absolute atomic E-state index is 0.0162. The molecule has 2 rings (SSSR count). The van der Waals surface area contributed by atoms with E-state index in [1.54, 1.807) is 13.0 Å². The third kappa shape index (κ3) is 3.64. The molecule has 0 bridgehead atoms. The van der Waals surface area contributed by atoms with Crippen LogP contribution in [0.15, 0.2) is 12.3 Å². The molecule has 0 spiro atoms. The van der Waals surface area contributed by atoms with Gasteiger partial charge in [-0.2, -0.15) is 5.10 Å². The van der Waals surface area contributed by atoms with Crippen LogP contribution in [0, 0.1) is 12.8 Å². The first kappa shape index (κ1) is 12.1. The van der Waals surface area contributed by atoms with E-state index in [4.69, 9.17) is 10.8 Å². The van der Waals surface area contributed by atoms with Crippen LogP contribution in [0.3, 0.4) is 0 Å². The standard InChI is InChI=1S/C6H6N2O2.C4H7NO/c1-4-2-3-7-8-5(4)6(9)10;5-4(6)3-1-2-3/h2-3H,1H3,(H,9,10);3H,1-2H2,(H2,5,6). The van der Waals surface area contributed by atoms with Crippen molar-refractivity contribution in [3.05, 3.63) is 23.5 Å². The van der Waals surface area contributed by atoms with Gasteiger partial charge in [-0.25, -0.2) is 4.79 Å². The number of carboxylic acid groups (broad SMARTS) is 1. The van der Waals surface area contributed by atoms with Crippen molar-refractivity contribution in [3.8, 4) is 0 Å². The Kier molecular flexibility index (Phi) is 3.93. The fourth-order valence-electron chi connectivity index (χ4n) is 0.973. The lowest BCUT2D eigenvalue weighted by atomic mass is 10.2. The second-order valence-corrected chi connectivity index (χ2v) is 3.54. The second kappa shape index (κ2) is 5.20. The first-order chi connectivity index (χ1) is 7.52. The lowest BCUT2D eigenvalue weighted by Crippen LogP contribution is -2.11. The number of amides is 1. The van der Waals surface area contributed by atoms with Gasteiger partial charge in [0.2, 0.25) is 5.91 Å². The lowest BCUT2D eigenvalue weighted by Gasteiger charge is -1.93. The van der Waals surface area contributed by atoms with Crippen molar-refractivity contribution in [2.24, 2.45) is 11.7 Å². The van der Waals surface area contributed by atoms with Crippen LogP contribution in [-0.4, -0.2) is 27.2 Å². The van der Waals surface area contributed by atoms with E-state index in [-0.39, 0.29) is 17.5 Å². The van der Waals surface area contributed by atoms with Gasteiger partial charge in [0, 0.05) is 12.1 Å². The maximum Gasteiger partial charge on any atom is 0.356 e. The SMILES string of the molecule is Cc1ccnnc1C(=O)O.NC(=O)C1CC1. The van der Waals surface area contributed by atoms with Gasteiger partial charge in [-0.3, -0.25) is 4.79 Å². The minimum Gasteiger partial charge on any atom is -0.476 e. The Morgan fingerprint density at radius 2 is 2.12 bits per heavy atom. The van der Waals surface area contributed by atoms with Crippen molar-refractivity contribution in [1.82, 2.24) is 10.2 Å². The van der Waals surface area contributed by atoms with Gasteiger partial charge >= 0.3 is 5.97 Å². The van der Waals surface area contributed by atoms with Gasteiger partial charge in [-0.1, -0.05) is 0 Å². The molecule has 1 aromatic heterocycles. The van der Waals surface area contributed by atoms with Crippen molar-refractivity contribution >= 4 is 11.9 Å².